The molecule has 1 spiro atoms. The van der Waals surface area contributed by atoms with Crippen LogP contribution in [0.1, 0.15) is 63.8 Å². The number of amides is 1. The molecule has 34 heavy (non-hydrogen) atoms. The topological polar surface area (TPSA) is 55.4 Å². The summed E-state index contributed by atoms with van der Waals surface area (Å²) in [6.07, 6.45) is 4.73. The van der Waals surface area contributed by atoms with Gasteiger partial charge in [-0.3, -0.25) is 9.59 Å². The van der Waals surface area contributed by atoms with Crippen LogP contribution in [-0.2, 0) is 11.2 Å². The number of carbonyl (C=O) groups excluding carboxylic acids is 2. The number of hydrogen-bond donors (Lipinski definition) is 1. The van der Waals surface area contributed by atoms with Crippen LogP contribution in [0.2, 0.25) is 0 Å². The highest BCUT2D eigenvalue weighted by Gasteiger charge is 2.54. The molecule has 1 amide bonds. The molecule has 4 nitrogen and oxygen atoms in total. The molecule has 2 aliphatic carbocycles. The van der Waals surface area contributed by atoms with Crippen molar-refractivity contribution in [3.63, 3.8) is 0 Å². The molecule has 5 rings (SSSR count). The third-order valence-electron chi connectivity index (χ3n) is 7.52. The molecule has 176 valence electrons. The third kappa shape index (κ3) is 4.54. The minimum atomic E-state index is 0.0446. The highest BCUT2D eigenvalue weighted by atomic mass is 32.1. The Morgan fingerprint density at radius 3 is 2.24 bits per heavy atom. The maximum Gasteiger partial charge on any atom is 0.252 e. The second-order valence-electron chi connectivity index (χ2n) is 10.1. The summed E-state index contributed by atoms with van der Waals surface area (Å²) in [5, 5.41) is 3.28. The van der Waals surface area contributed by atoms with Crippen molar-refractivity contribution < 1.29 is 14.3 Å². The van der Waals surface area contributed by atoms with Gasteiger partial charge in [0, 0.05) is 21.7 Å². The molecule has 0 atom stereocenters. The minimum absolute atomic E-state index is 0.0446. The highest BCUT2D eigenvalue weighted by molar-refractivity contribution is 7.12. The number of aryl methyl sites for hydroxylation is 2. The zero-order valence-corrected chi connectivity index (χ0v) is 20.8. The van der Waals surface area contributed by atoms with Gasteiger partial charge in [-0.1, -0.05) is 30.3 Å². The summed E-state index contributed by atoms with van der Waals surface area (Å²) >= 11 is 1.70. The van der Waals surface area contributed by atoms with Crippen molar-refractivity contribution in [1.29, 1.82) is 0 Å². The number of ketones is 1. The van der Waals surface area contributed by atoms with Crippen LogP contribution in [0.25, 0.3) is 0 Å². The van der Waals surface area contributed by atoms with Gasteiger partial charge in [-0.2, -0.15) is 0 Å². The quantitative estimate of drug-likeness (QED) is 0.419. The molecule has 1 N–H and O–H groups in total. The van der Waals surface area contributed by atoms with Gasteiger partial charge >= 0.3 is 0 Å². The molecule has 0 unspecified atom stereocenters. The van der Waals surface area contributed by atoms with Gasteiger partial charge in [0.1, 0.15) is 17.3 Å². The molecular weight excluding hydrogens is 442 g/mol. The Balaban J connectivity index is 1.23. The van der Waals surface area contributed by atoms with Crippen LogP contribution in [0.5, 0.6) is 11.5 Å². The summed E-state index contributed by atoms with van der Waals surface area (Å²) in [5.41, 5.74) is 3.41. The van der Waals surface area contributed by atoms with Crippen molar-refractivity contribution >= 4 is 23.0 Å². The van der Waals surface area contributed by atoms with Crippen molar-refractivity contribution in [3.8, 4) is 11.5 Å². The fourth-order valence-electron chi connectivity index (χ4n) is 5.70. The van der Waals surface area contributed by atoms with Gasteiger partial charge in [-0.25, -0.2) is 0 Å². The maximum atomic E-state index is 13.3. The number of Topliss-reactive ketones (excluding diaryl/α,β-unsaturated/α-hetero) is 1. The van der Waals surface area contributed by atoms with E-state index < -0.39 is 0 Å². The molecule has 0 radical (unpaired) electrons. The van der Waals surface area contributed by atoms with Gasteiger partial charge in [-0.05, 0) is 93.7 Å². The highest BCUT2D eigenvalue weighted by Crippen LogP contribution is 2.58. The summed E-state index contributed by atoms with van der Waals surface area (Å²) < 4.78 is 5.91. The van der Waals surface area contributed by atoms with Crippen LogP contribution in [0.15, 0.2) is 54.6 Å². The van der Waals surface area contributed by atoms with E-state index in [1.807, 2.05) is 49.4 Å². The average molecular weight is 474 g/mol. The maximum absolute atomic E-state index is 13.3. The summed E-state index contributed by atoms with van der Waals surface area (Å²) in [5.74, 6) is 2.22. The normalized spacial score (nSPS) is 23.1. The van der Waals surface area contributed by atoms with Crippen LogP contribution in [-0.4, -0.2) is 17.7 Å². The summed E-state index contributed by atoms with van der Waals surface area (Å²) in [4.78, 5) is 27.1. The molecule has 1 heterocycles. The fourth-order valence-corrected chi connectivity index (χ4v) is 6.77. The molecule has 2 aliphatic rings. The van der Waals surface area contributed by atoms with E-state index in [1.54, 1.807) is 18.3 Å². The Bertz CT molecular complexity index is 1200. The molecule has 0 bridgehead atoms. The first kappa shape index (κ1) is 22.9. The number of thiophene rings is 1. The molecule has 5 heteroatoms. The first-order valence-corrected chi connectivity index (χ1v) is 12.9. The van der Waals surface area contributed by atoms with E-state index in [0.717, 1.165) is 65.2 Å². The Morgan fingerprint density at radius 1 is 0.941 bits per heavy atom. The molecule has 0 aliphatic heterocycles. The predicted octanol–water partition coefficient (Wildman–Crippen LogP) is 6.63. The Labute approximate surface area is 205 Å². The van der Waals surface area contributed by atoms with Crippen LogP contribution in [0, 0.1) is 25.2 Å². The van der Waals surface area contributed by atoms with Crippen molar-refractivity contribution in [1.82, 2.24) is 5.32 Å². The molecular formula is C29H31NO3S. The van der Waals surface area contributed by atoms with E-state index in [-0.39, 0.29) is 17.9 Å². The molecule has 2 aromatic carbocycles. The first-order valence-electron chi connectivity index (χ1n) is 12.0. The Kier molecular flexibility index (Phi) is 6.07. The largest absolute Gasteiger partial charge is 0.457 e. The molecule has 2 saturated carbocycles. The first-order chi connectivity index (χ1) is 16.3. The standard InChI is InChI=1S/C29H31NO3S/c1-18(31)22-14-29(15-22)16-23(17-29)30-28(32)27-20(3)34-19(2)26(27)13-21-9-11-25(12-10-21)33-24-7-5-4-6-8-24/h4-12,22-23H,13-17H2,1-3H3,(H,30,32). The van der Waals surface area contributed by atoms with Crippen molar-refractivity contribution in [2.75, 3.05) is 0 Å². The molecule has 3 aromatic rings. The zero-order chi connectivity index (χ0) is 23.9. The van der Waals surface area contributed by atoms with Gasteiger partial charge in [0.25, 0.3) is 5.91 Å². The summed E-state index contributed by atoms with van der Waals surface area (Å²) in [6, 6.07) is 18.1. The lowest BCUT2D eigenvalue weighted by Crippen LogP contribution is -2.57. The summed E-state index contributed by atoms with van der Waals surface area (Å²) in [7, 11) is 0. The Hall–Kier alpha value is -2.92. The number of hydrogen-bond acceptors (Lipinski definition) is 4. The third-order valence-corrected chi connectivity index (χ3v) is 8.59. The van der Waals surface area contributed by atoms with Crippen LogP contribution in [0.4, 0.5) is 0 Å². The number of nitrogens with one attached hydrogen (secondary N) is 1. The van der Waals surface area contributed by atoms with Crippen molar-refractivity contribution in [2.45, 2.75) is 58.9 Å². The van der Waals surface area contributed by atoms with E-state index in [2.05, 4.69) is 24.4 Å². The number of rotatable bonds is 7. The number of para-hydroxylation sites is 1. The SMILES string of the molecule is CC(=O)C1CC2(CC(NC(=O)c3c(C)sc(C)c3Cc3ccc(Oc4ccccc4)cc3)C2)C1. The molecule has 2 fully saturated rings. The van der Waals surface area contributed by atoms with E-state index in [4.69, 9.17) is 4.74 Å². The smallest absolute Gasteiger partial charge is 0.252 e. The van der Waals surface area contributed by atoms with Gasteiger partial charge in [0.15, 0.2) is 0 Å². The van der Waals surface area contributed by atoms with E-state index in [0.29, 0.717) is 11.2 Å². The van der Waals surface area contributed by atoms with Crippen LogP contribution in [0.3, 0.4) is 0 Å². The lowest BCUT2D eigenvalue weighted by molar-refractivity contribution is -0.134. The fraction of sp³-hybridized carbons (Fsp3) is 0.379. The van der Waals surface area contributed by atoms with E-state index in [9.17, 15) is 9.59 Å². The van der Waals surface area contributed by atoms with Gasteiger partial charge < -0.3 is 10.1 Å². The minimum Gasteiger partial charge on any atom is -0.457 e. The lowest BCUT2D eigenvalue weighted by Gasteiger charge is -2.57. The average Bonchev–Trinajstić information content (AvgIpc) is 3.03. The lowest BCUT2D eigenvalue weighted by atomic mass is 9.49. The Morgan fingerprint density at radius 2 is 1.59 bits per heavy atom. The van der Waals surface area contributed by atoms with Crippen LogP contribution >= 0.6 is 11.3 Å². The van der Waals surface area contributed by atoms with Gasteiger partial charge in [0.2, 0.25) is 0 Å². The van der Waals surface area contributed by atoms with Crippen LogP contribution < -0.4 is 10.1 Å². The van der Waals surface area contributed by atoms with Crippen molar-refractivity contribution in [2.24, 2.45) is 11.3 Å². The number of ether oxygens (including phenoxy) is 1. The van der Waals surface area contributed by atoms with E-state index in [1.165, 1.54) is 4.88 Å². The van der Waals surface area contributed by atoms with Crippen molar-refractivity contribution in [3.05, 3.63) is 81.0 Å². The molecule has 1 aromatic heterocycles. The second kappa shape index (κ2) is 9.03. The van der Waals surface area contributed by atoms with Gasteiger partial charge in [0.05, 0.1) is 5.56 Å². The number of carbonyl (C=O) groups is 2. The summed E-state index contributed by atoms with van der Waals surface area (Å²) in [6.45, 7) is 5.84. The van der Waals surface area contributed by atoms with E-state index >= 15 is 0 Å². The van der Waals surface area contributed by atoms with Gasteiger partial charge in [-0.15, -0.1) is 11.3 Å². The second-order valence-corrected chi connectivity index (χ2v) is 11.5. The number of benzene rings is 2. The zero-order valence-electron chi connectivity index (χ0n) is 20.0. The predicted molar refractivity (Wildman–Crippen MR) is 136 cm³/mol. The monoisotopic (exact) mass is 473 g/mol. The molecule has 0 saturated heterocycles.